The van der Waals surface area contributed by atoms with Crippen LogP contribution >= 0.6 is 27.3 Å². The van der Waals surface area contributed by atoms with E-state index >= 15 is 0 Å². The first kappa shape index (κ1) is 8.08. The first-order valence-electron chi connectivity index (χ1n) is 3.16. The number of thiophene rings is 1. The summed E-state index contributed by atoms with van der Waals surface area (Å²) in [7, 11) is 0. The van der Waals surface area contributed by atoms with Crippen LogP contribution in [0.3, 0.4) is 0 Å². The molecule has 0 aliphatic heterocycles. The molecule has 0 amide bonds. The second-order valence-corrected chi connectivity index (χ2v) is 4.93. The van der Waals surface area contributed by atoms with Gasteiger partial charge in [-0.05, 0) is 27.9 Å². The minimum atomic E-state index is 0.582. The van der Waals surface area contributed by atoms with Gasteiger partial charge in [-0.2, -0.15) is 0 Å². The summed E-state index contributed by atoms with van der Waals surface area (Å²) >= 11 is 5.09. The molecular formula is C7H10BrNS. The Morgan fingerprint density at radius 2 is 2.20 bits per heavy atom. The number of anilines is 1. The van der Waals surface area contributed by atoms with E-state index in [0.717, 1.165) is 9.47 Å². The topological polar surface area (TPSA) is 26.0 Å². The van der Waals surface area contributed by atoms with E-state index in [0.29, 0.717) is 5.92 Å². The maximum absolute atomic E-state index is 5.64. The molecule has 0 fully saturated rings. The van der Waals surface area contributed by atoms with Gasteiger partial charge in [0, 0.05) is 4.88 Å². The number of nitrogen functional groups attached to an aromatic ring is 1. The molecule has 0 saturated carbocycles. The Morgan fingerprint density at radius 1 is 1.60 bits per heavy atom. The highest BCUT2D eigenvalue weighted by Crippen LogP contribution is 2.33. The lowest BCUT2D eigenvalue weighted by Gasteiger charge is -1.95. The summed E-state index contributed by atoms with van der Waals surface area (Å²) in [6.45, 7) is 4.33. The summed E-state index contributed by atoms with van der Waals surface area (Å²) in [5.41, 5.74) is 6.50. The van der Waals surface area contributed by atoms with Crippen molar-refractivity contribution in [2.24, 2.45) is 0 Å². The minimum absolute atomic E-state index is 0.582. The van der Waals surface area contributed by atoms with Crippen LogP contribution < -0.4 is 5.73 Å². The highest BCUT2D eigenvalue weighted by Gasteiger charge is 2.05. The van der Waals surface area contributed by atoms with Crippen molar-refractivity contribution in [1.82, 2.24) is 0 Å². The average molecular weight is 220 g/mol. The van der Waals surface area contributed by atoms with Gasteiger partial charge >= 0.3 is 0 Å². The summed E-state index contributed by atoms with van der Waals surface area (Å²) < 4.78 is 1.05. The zero-order valence-electron chi connectivity index (χ0n) is 6.02. The van der Waals surface area contributed by atoms with Gasteiger partial charge < -0.3 is 5.73 Å². The lowest BCUT2D eigenvalue weighted by atomic mass is 10.2. The smallest absolute Gasteiger partial charge is 0.0930 e. The van der Waals surface area contributed by atoms with Crippen LogP contribution in [0.4, 0.5) is 5.69 Å². The number of nitrogens with two attached hydrogens (primary N) is 1. The fourth-order valence-corrected chi connectivity index (χ4v) is 2.17. The van der Waals surface area contributed by atoms with E-state index in [2.05, 4.69) is 29.8 Å². The second-order valence-electron chi connectivity index (χ2n) is 2.53. The molecule has 56 valence electrons. The maximum atomic E-state index is 5.64. The van der Waals surface area contributed by atoms with Crippen LogP contribution in [0.25, 0.3) is 0 Å². The monoisotopic (exact) mass is 219 g/mol. The fraction of sp³-hybridized carbons (Fsp3) is 0.429. The molecule has 1 aromatic rings. The van der Waals surface area contributed by atoms with Gasteiger partial charge in [0.15, 0.2) is 0 Å². The third-order valence-corrected chi connectivity index (χ3v) is 3.48. The molecule has 0 atom stereocenters. The molecule has 0 saturated heterocycles. The molecule has 1 nitrogen and oxygen atoms in total. The van der Waals surface area contributed by atoms with E-state index in [1.807, 2.05) is 6.07 Å². The third-order valence-electron chi connectivity index (χ3n) is 1.30. The SMILES string of the molecule is CC(C)c1cc(N)c(Br)s1. The number of halogens is 1. The second kappa shape index (κ2) is 2.93. The van der Waals surface area contributed by atoms with Crippen molar-refractivity contribution < 1.29 is 0 Å². The summed E-state index contributed by atoms with van der Waals surface area (Å²) in [5.74, 6) is 0.582. The molecule has 0 unspecified atom stereocenters. The Labute approximate surface area is 73.4 Å². The minimum Gasteiger partial charge on any atom is -0.397 e. The van der Waals surface area contributed by atoms with Gasteiger partial charge in [-0.15, -0.1) is 11.3 Å². The first-order chi connectivity index (χ1) is 4.61. The molecule has 0 aromatic carbocycles. The van der Waals surface area contributed by atoms with E-state index in [9.17, 15) is 0 Å². The van der Waals surface area contributed by atoms with E-state index in [1.54, 1.807) is 11.3 Å². The van der Waals surface area contributed by atoms with Gasteiger partial charge in [-0.3, -0.25) is 0 Å². The number of rotatable bonds is 1. The Kier molecular flexibility index (Phi) is 2.36. The van der Waals surface area contributed by atoms with Crippen LogP contribution in [0.15, 0.2) is 9.85 Å². The summed E-state index contributed by atoms with van der Waals surface area (Å²) in [4.78, 5) is 1.34. The Balaban J connectivity index is 2.98. The molecule has 1 heterocycles. The lowest BCUT2D eigenvalue weighted by molar-refractivity contribution is 0.890. The van der Waals surface area contributed by atoms with Crippen molar-refractivity contribution >= 4 is 33.0 Å². The van der Waals surface area contributed by atoms with E-state index < -0.39 is 0 Å². The highest BCUT2D eigenvalue weighted by atomic mass is 79.9. The van der Waals surface area contributed by atoms with Crippen molar-refractivity contribution in [3.8, 4) is 0 Å². The highest BCUT2D eigenvalue weighted by molar-refractivity contribution is 9.11. The van der Waals surface area contributed by atoms with Crippen molar-refractivity contribution in [3.63, 3.8) is 0 Å². The van der Waals surface area contributed by atoms with E-state index in [4.69, 9.17) is 5.73 Å². The van der Waals surface area contributed by atoms with Gasteiger partial charge in [0.05, 0.1) is 9.47 Å². The van der Waals surface area contributed by atoms with Gasteiger partial charge in [-0.1, -0.05) is 13.8 Å². The fourth-order valence-electron chi connectivity index (χ4n) is 0.686. The normalized spacial score (nSPS) is 10.8. The van der Waals surface area contributed by atoms with Crippen molar-refractivity contribution in [1.29, 1.82) is 0 Å². The Hall–Kier alpha value is -0.0200. The van der Waals surface area contributed by atoms with Crippen molar-refractivity contribution in [3.05, 3.63) is 14.7 Å². The molecule has 0 aliphatic rings. The van der Waals surface area contributed by atoms with Gasteiger partial charge in [0.25, 0.3) is 0 Å². The van der Waals surface area contributed by atoms with Crippen molar-refractivity contribution in [2.75, 3.05) is 5.73 Å². The molecular weight excluding hydrogens is 210 g/mol. The molecule has 0 spiro atoms. The largest absolute Gasteiger partial charge is 0.397 e. The van der Waals surface area contributed by atoms with Crippen LogP contribution in [-0.2, 0) is 0 Å². The average Bonchev–Trinajstić information content (AvgIpc) is 2.13. The van der Waals surface area contributed by atoms with Crippen LogP contribution in [0.5, 0.6) is 0 Å². The third kappa shape index (κ3) is 1.52. The molecule has 10 heavy (non-hydrogen) atoms. The first-order valence-corrected chi connectivity index (χ1v) is 4.77. The van der Waals surface area contributed by atoms with Crippen LogP contribution in [0.2, 0.25) is 0 Å². The predicted octanol–water partition coefficient (Wildman–Crippen LogP) is 3.22. The van der Waals surface area contributed by atoms with Gasteiger partial charge in [0.2, 0.25) is 0 Å². The standard InChI is InChI=1S/C7H10BrNS/c1-4(2)6-3-5(9)7(8)10-6/h3-4H,9H2,1-2H3. The van der Waals surface area contributed by atoms with Crippen LogP contribution in [-0.4, -0.2) is 0 Å². The molecule has 0 radical (unpaired) electrons. The predicted molar refractivity (Wildman–Crippen MR) is 50.5 cm³/mol. The van der Waals surface area contributed by atoms with Crippen LogP contribution in [0.1, 0.15) is 24.6 Å². The Morgan fingerprint density at radius 3 is 2.40 bits per heavy atom. The summed E-state index contributed by atoms with van der Waals surface area (Å²) in [6.07, 6.45) is 0. The Bertz CT molecular complexity index is 210. The quantitative estimate of drug-likeness (QED) is 0.772. The molecule has 3 heteroatoms. The van der Waals surface area contributed by atoms with Gasteiger partial charge in [-0.25, -0.2) is 0 Å². The van der Waals surface area contributed by atoms with Gasteiger partial charge in [0.1, 0.15) is 0 Å². The van der Waals surface area contributed by atoms with E-state index in [1.165, 1.54) is 4.88 Å². The summed E-state index contributed by atoms with van der Waals surface area (Å²) in [6, 6.07) is 2.03. The zero-order valence-corrected chi connectivity index (χ0v) is 8.42. The maximum Gasteiger partial charge on any atom is 0.0930 e. The molecule has 1 rings (SSSR count). The van der Waals surface area contributed by atoms with E-state index in [-0.39, 0.29) is 0 Å². The molecule has 2 N–H and O–H groups in total. The van der Waals surface area contributed by atoms with Crippen molar-refractivity contribution in [2.45, 2.75) is 19.8 Å². The number of hydrogen-bond acceptors (Lipinski definition) is 2. The lowest BCUT2D eigenvalue weighted by Crippen LogP contribution is -1.81. The zero-order chi connectivity index (χ0) is 7.72. The number of hydrogen-bond donors (Lipinski definition) is 1. The van der Waals surface area contributed by atoms with Crippen LogP contribution in [0, 0.1) is 0 Å². The summed E-state index contributed by atoms with van der Waals surface area (Å²) in [5, 5.41) is 0. The molecule has 1 aromatic heterocycles. The molecule has 0 aliphatic carbocycles. The molecule has 0 bridgehead atoms.